The van der Waals surface area contributed by atoms with Crippen molar-refractivity contribution < 1.29 is 8.42 Å². The summed E-state index contributed by atoms with van der Waals surface area (Å²) in [5.74, 6) is 0.0737. The summed E-state index contributed by atoms with van der Waals surface area (Å²) in [7, 11) is -3.35. The highest BCUT2D eigenvalue weighted by Crippen LogP contribution is 2.24. The summed E-state index contributed by atoms with van der Waals surface area (Å²) >= 11 is 0. The minimum Gasteiger partial charge on any atom is -0.329 e. The van der Waals surface area contributed by atoms with E-state index in [0.717, 1.165) is 12.0 Å². The summed E-state index contributed by atoms with van der Waals surface area (Å²) in [6.07, 6.45) is 0.780. The van der Waals surface area contributed by atoms with Gasteiger partial charge in [-0.2, -0.15) is 4.31 Å². The predicted octanol–water partition coefficient (Wildman–Crippen LogP) is 2.57. The van der Waals surface area contributed by atoms with Gasteiger partial charge < -0.3 is 5.73 Å². The topological polar surface area (TPSA) is 63.4 Å². The molecule has 0 spiro atoms. The summed E-state index contributed by atoms with van der Waals surface area (Å²) in [6, 6.07) is 9.75. The second-order valence-corrected chi connectivity index (χ2v) is 8.12. The molecule has 0 fully saturated rings. The average molecular weight is 312 g/mol. The number of hydrogen-bond acceptors (Lipinski definition) is 3. The molecule has 1 aromatic rings. The van der Waals surface area contributed by atoms with Gasteiger partial charge in [0, 0.05) is 18.6 Å². The van der Waals surface area contributed by atoms with Crippen LogP contribution in [0.1, 0.15) is 45.6 Å². The van der Waals surface area contributed by atoms with Crippen LogP contribution >= 0.6 is 0 Å². The van der Waals surface area contributed by atoms with Gasteiger partial charge in [0.2, 0.25) is 10.0 Å². The minimum absolute atomic E-state index is 0.0378. The number of nitrogens with two attached hydrogens (primary N) is 1. The molecule has 4 nitrogen and oxygen atoms in total. The average Bonchev–Trinajstić information content (AvgIpc) is 2.44. The van der Waals surface area contributed by atoms with Crippen LogP contribution in [0.15, 0.2) is 30.3 Å². The quantitative estimate of drug-likeness (QED) is 0.802. The fourth-order valence-electron chi connectivity index (χ4n) is 2.41. The van der Waals surface area contributed by atoms with Crippen molar-refractivity contribution in [2.75, 3.05) is 18.8 Å². The van der Waals surface area contributed by atoms with Crippen molar-refractivity contribution in [2.45, 2.75) is 45.6 Å². The van der Waals surface area contributed by atoms with E-state index in [-0.39, 0.29) is 11.7 Å². The van der Waals surface area contributed by atoms with Crippen LogP contribution in [0.25, 0.3) is 0 Å². The third kappa shape index (κ3) is 4.80. The van der Waals surface area contributed by atoms with E-state index in [1.54, 1.807) is 4.31 Å². The van der Waals surface area contributed by atoms with Crippen LogP contribution in [0.2, 0.25) is 0 Å². The number of hydrogen-bond donors (Lipinski definition) is 1. The zero-order valence-electron chi connectivity index (χ0n) is 13.5. The number of rotatable bonds is 8. The van der Waals surface area contributed by atoms with Gasteiger partial charge in [0.05, 0.1) is 5.75 Å². The van der Waals surface area contributed by atoms with Crippen LogP contribution in [-0.4, -0.2) is 37.1 Å². The summed E-state index contributed by atoms with van der Waals surface area (Å²) in [5, 5.41) is 0. The summed E-state index contributed by atoms with van der Waals surface area (Å²) in [6.45, 7) is 8.52. The van der Waals surface area contributed by atoms with Gasteiger partial charge in [0.15, 0.2) is 0 Å². The van der Waals surface area contributed by atoms with E-state index < -0.39 is 15.6 Å². The van der Waals surface area contributed by atoms with Crippen molar-refractivity contribution in [3.05, 3.63) is 35.9 Å². The van der Waals surface area contributed by atoms with E-state index >= 15 is 0 Å². The highest BCUT2D eigenvalue weighted by molar-refractivity contribution is 7.89. The van der Waals surface area contributed by atoms with Crippen molar-refractivity contribution >= 4 is 10.0 Å². The van der Waals surface area contributed by atoms with Crippen molar-refractivity contribution in [1.82, 2.24) is 4.31 Å². The Bertz CT molecular complexity index is 526. The molecule has 21 heavy (non-hydrogen) atoms. The fourth-order valence-corrected chi connectivity index (χ4v) is 4.70. The number of nitrogens with zero attached hydrogens (tertiary/aromatic N) is 1. The van der Waals surface area contributed by atoms with Crippen LogP contribution < -0.4 is 5.73 Å². The molecule has 0 bridgehead atoms. The molecule has 1 rings (SSSR count). The lowest BCUT2D eigenvalue weighted by atomic mass is 10.0. The summed E-state index contributed by atoms with van der Waals surface area (Å²) in [5.41, 5.74) is 6.26. The van der Waals surface area contributed by atoms with Crippen molar-refractivity contribution in [1.29, 1.82) is 0 Å². The van der Waals surface area contributed by atoms with Gasteiger partial charge in [-0.1, -0.05) is 44.2 Å². The minimum atomic E-state index is -3.35. The molecule has 0 aliphatic heterocycles. The maximum absolute atomic E-state index is 12.8. The van der Waals surface area contributed by atoms with E-state index in [2.05, 4.69) is 0 Å². The first kappa shape index (κ1) is 18.1. The van der Waals surface area contributed by atoms with Gasteiger partial charge in [-0.3, -0.25) is 0 Å². The SMILES string of the molecule is CCCN(C(C)(C)CN)S(=O)(=O)CC(C)c1ccccc1. The summed E-state index contributed by atoms with van der Waals surface area (Å²) in [4.78, 5) is 0. The number of benzene rings is 1. The van der Waals surface area contributed by atoms with Crippen molar-refractivity contribution in [3.63, 3.8) is 0 Å². The molecule has 2 N–H and O–H groups in total. The Morgan fingerprint density at radius 3 is 2.29 bits per heavy atom. The summed E-state index contributed by atoms with van der Waals surface area (Å²) < 4.78 is 27.1. The second kappa shape index (κ2) is 7.38. The van der Waals surface area contributed by atoms with Crippen molar-refractivity contribution in [3.8, 4) is 0 Å². The lowest BCUT2D eigenvalue weighted by Gasteiger charge is -2.37. The molecule has 1 unspecified atom stereocenters. The zero-order valence-corrected chi connectivity index (χ0v) is 14.4. The molecule has 120 valence electrons. The molecule has 0 saturated heterocycles. The highest BCUT2D eigenvalue weighted by atomic mass is 32.2. The lowest BCUT2D eigenvalue weighted by Crippen LogP contribution is -2.53. The van der Waals surface area contributed by atoms with Crippen molar-refractivity contribution in [2.24, 2.45) is 5.73 Å². The molecule has 0 heterocycles. The Balaban J connectivity index is 2.97. The molecular weight excluding hydrogens is 284 g/mol. The maximum atomic E-state index is 12.8. The van der Waals surface area contributed by atoms with E-state index in [9.17, 15) is 8.42 Å². The maximum Gasteiger partial charge on any atom is 0.215 e. The third-order valence-electron chi connectivity index (χ3n) is 3.77. The molecular formula is C16H28N2O2S. The first-order valence-corrected chi connectivity index (χ1v) is 9.11. The van der Waals surface area contributed by atoms with E-state index in [1.165, 1.54) is 0 Å². The predicted molar refractivity (Wildman–Crippen MR) is 88.8 cm³/mol. The Morgan fingerprint density at radius 2 is 1.81 bits per heavy atom. The molecule has 0 amide bonds. The first-order chi connectivity index (χ1) is 9.74. The molecule has 1 aromatic carbocycles. The molecule has 0 radical (unpaired) electrons. The molecule has 0 saturated carbocycles. The molecule has 0 aliphatic carbocycles. The first-order valence-electron chi connectivity index (χ1n) is 7.50. The molecule has 0 aliphatic rings. The van der Waals surface area contributed by atoms with Crippen LogP contribution in [0.3, 0.4) is 0 Å². The molecule has 5 heteroatoms. The Kier molecular flexibility index (Phi) is 6.38. The zero-order chi connectivity index (χ0) is 16.1. The monoisotopic (exact) mass is 312 g/mol. The standard InChI is InChI=1S/C16H28N2O2S/c1-5-11-18(16(3,4)13-17)21(19,20)12-14(2)15-9-7-6-8-10-15/h6-10,14H,5,11-13,17H2,1-4H3. The van der Waals surface area contributed by atoms with Gasteiger partial charge in [-0.25, -0.2) is 8.42 Å². The van der Waals surface area contributed by atoms with E-state index in [0.29, 0.717) is 13.1 Å². The second-order valence-electron chi connectivity index (χ2n) is 6.18. The van der Waals surface area contributed by atoms with Gasteiger partial charge in [0.25, 0.3) is 0 Å². The normalized spacial score (nSPS) is 14.4. The Morgan fingerprint density at radius 1 is 1.24 bits per heavy atom. The van der Waals surface area contributed by atoms with Gasteiger partial charge in [-0.15, -0.1) is 0 Å². The fraction of sp³-hybridized carbons (Fsp3) is 0.625. The largest absolute Gasteiger partial charge is 0.329 e. The van der Waals surface area contributed by atoms with Crippen LogP contribution in [0.4, 0.5) is 0 Å². The van der Waals surface area contributed by atoms with Gasteiger partial charge in [-0.05, 0) is 31.7 Å². The van der Waals surface area contributed by atoms with Crippen LogP contribution in [0.5, 0.6) is 0 Å². The Labute approximate surface area is 129 Å². The van der Waals surface area contributed by atoms with E-state index in [4.69, 9.17) is 5.73 Å². The highest BCUT2D eigenvalue weighted by Gasteiger charge is 2.35. The third-order valence-corrected chi connectivity index (χ3v) is 6.04. The lowest BCUT2D eigenvalue weighted by molar-refractivity contribution is 0.234. The number of sulfonamides is 1. The van der Waals surface area contributed by atoms with Gasteiger partial charge in [0.1, 0.15) is 0 Å². The molecule has 0 aromatic heterocycles. The van der Waals surface area contributed by atoms with Crippen LogP contribution in [0, 0.1) is 0 Å². The molecule has 1 atom stereocenters. The van der Waals surface area contributed by atoms with Gasteiger partial charge >= 0.3 is 0 Å². The smallest absolute Gasteiger partial charge is 0.215 e. The van der Waals surface area contributed by atoms with Crippen LogP contribution in [-0.2, 0) is 10.0 Å². The Hall–Kier alpha value is -0.910. The van der Waals surface area contributed by atoms with E-state index in [1.807, 2.05) is 58.0 Å².